The molecular formula is C29H41NO7. The molecule has 1 aromatic carbocycles. The van der Waals surface area contributed by atoms with Crippen molar-refractivity contribution in [3.05, 3.63) is 29.3 Å². The van der Waals surface area contributed by atoms with E-state index in [1.807, 2.05) is 23.1 Å². The summed E-state index contributed by atoms with van der Waals surface area (Å²) in [6.07, 6.45) is 9.34. The van der Waals surface area contributed by atoms with Crippen LogP contribution in [0.2, 0.25) is 0 Å². The Labute approximate surface area is 219 Å². The molecule has 204 valence electrons. The quantitative estimate of drug-likeness (QED) is 0.255. The second-order valence-electron chi connectivity index (χ2n) is 10.8. The Kier molecular flexibility index (Phi) is 9.97. The monoisotopic (exact) mass is 515 g/mol. The molecule has 0 bridgehead atoms. The van der Waals surface area contributed by atoms with Crippen molar-refractivity contribution >= 4 is 17.8 Å². The number of methoxy groups -OCH3 is 1. The largest absolute Gasteiger partial charge is 0.481 e. The van der Waals surface area contributed by atoms with Gasteiger partial charge in [-0.25, -0.2) is 0 Å². The van der Waals surface area contributed by atoms with Gasteiger partial charge in [0.25, 0.3) is 0 Å². The number of aryl methyl sites for hydroxylation is 2. The van der Waals surface area contributed by atoms with Crippen LogP contribution in [-0.2, 0) is 36.7 Å². The predicted molar refractivity (Wildman–Crippen MR) is 137 cm³/mol. The van der Waals surface area contributed by atoms with Crippen LogP contribution in [0.5, 0.6) is 5.75 Å². The number of esters is 1. The van der Waals surface area contributed by atoms with Gasteiger partial charge in [-0.05, 0) is 81.0 Å². The molecule has 1 N–H and O–H groups in total. The van der Waals surface area contributed by atoms with Crippen LogP contribution in [0.1, 0.15) is 68.9 Å². The second-order valence-corrected chi connectivity index (χ2v) is 10.8. The molecule has 0 aromatic heterocycles. The van der Waals surface area contributed by atoms with E-state index < -0.39 is 17.9 Å². The molecule has 0 aliphatic heterocycles. The van der Waals surface area contributed by atoms with Gasteiger partial charge in [-0.1, -0.05) is 18.9 Å². The third-order valence-electron chi connectivity index (χ3n) is 8.26. The van der Waals surface area contributed by atoms with E-state index in [4.69, 9.17) is 14.2 Å². The Balaban J connectivity index is 1.49. The van der Waals surface area contributed by atoms with Crippen LogP contribution in [0, 0.1) is 17.8 Å². The van der Waals surface area contributed by atoms with Crippen molar-refractivity contribution in [2.75, 3.05) is 33.5 Å². The Morgan fingerprint density at radius 2 is 1.68 bits per heavy atom. The van der Waals surface area contributed by atoms with E-state index in [-0.39, 0.29) is 36.9 Å². The van der Waals surface area contributed by atoms with Crippen LogP contribution in [0.3, 0.4) is 0 Å². The number of nitrogens with zero attached hydrogens (tertiary/aromatic N) is 1. The SMILES string of the molecule is COCCOCC(CN(C(=O)C1CCCC1)C1CCC(C(=O)O)CC1)C(=O)Oc1ccc2c(c1)CCC2. The molecular weight excluding hydrogens is 474 g/mol. The van der Waals surface area contributed by atoms with Crippen LogP contribution in [0.4, 0.5) is 0 Å². The molecule has 3 aliphatic rings. The third-order valence-corrected chi connectivity index (χ3v) is 8.26. The van der Waals surface area contributed by atoms with E-state index in [1.165, 1.54) is 11.1 Å². The molecule has 0 spiro atoms. The Morgan fingerprint density at radius 1 is 0.946 bits per heavy atom. The summed E-state index contributed by atoms with van der Waals surface area (Å²) in [4.78, 5) is 40.5. The average Bonchev–Trinajstić information content (AvgIpc) is 3.60. The zero-order valence-electron chi connectivity index (χ0n) is 22.0. The van der Waals surface area contributed by atoms with Crippen molar-refractivity contribution in [1.82, 2.24) is 4.90 Å². The number of rotatable bonds is 12. The fourth-order valence-corrected chi connectivity index (χ4v) is 6.07. The van der Waals surface area contributed by atoms with Gasteiger partial charge < -0.3 is 24.2 Å². The normalized spacial score (nSPS) is 22.4. The highest BCUT2D eigenvalue weighted by atomic mass is 16.5. The number of benzene rings is 1. The number of aliphatic carboxylic acids is 1. The van der Waals surface area contributed by atoms with Crippen molar-refractivity contribution in [2.45, 2.75) is 76.7 Å². The average molecular weight is 516 g/mol. The smallest absolute Gasteiger partial charge is 0.318 e. The lowest BCUT2D eigenvalue weighted by Gasteiger charge is -2.39. The van der Waals surface area contributed by atoms with Gasteiger partial charge >= 0.3 is 11.9 Å². The zero-order chi connectivity index (χ0) is 26.2. The minimum atomic E-state index is -0.769. The van der Waals surface area contributed by atoms with E-state index in [1.54, 1.807) is 7.11 Å². The highest BCUT2D eigenvalue weighted by Crippen LogP contribution is 2.33. The maximum Gasteiger partial charge on any atom is 0.318 e. The summed E-state index contributed by atoms with van der Waals surface area (Å²) in [5, 5.41) is 9.43. The van der Waals surface area contributed by atoms with Crippen LogP contribution >= 0.6 is 0 Å². The fraction of sp³-hybridized carbons (Fsp3) is 0.690. The lowest BCUT2D eigenvalue weighted by Crippen LogP contribution is -2.49. The summed E-state index contributed by atoms with van der Waals surface area (Å²) >= 11 is 0. The number of fused-ring (bicyclic) bond motifs is 1. The molecule has 37 heavy (non-hydrogen) atoms. The van der Waals surface area contributed by atoms with Gasteiger partial charge in [-0.3, -0.25) is 14.4 Å². The Morgan fingerprint density at radius 3 is 2.38 bits per heavy atom. The maximum absolute atomic E-state index is 13.7. The van der Waals surface area contributed by atoms with Crippen LogP contribution < -0.4 is 4.74 Å². The summed E-state index contributed by atoms with van der Waals surface area (Å²) in [7, 11) is 1.60. The van der Waals surface area contributed by atoms with Crippen molar-refractivity contribution < 1.29 is 33.7 Å². The Hall–Kier alpha value is -2.45. The first kappa shape index (κ1) is 27.6. The Bertz CT molecular complexity index is 934. The molecule has 0 saturated heterocycles. The van der Waals surface area contributed by atoms with E-state index in [9.17, 15) is 19.5 Å². The van der Waals surface area contributed by atoms with Gasteiger partial charge in [0, 0.05) is 25.6 Å². The van der Waals surface area contributed by atoms with E-state index in [0.29, 0.717) is 44.6 Å². The van der Waals surface area contributed by atoms with E-state index >= 15 is 0 Å². The molecule has 1 amide bonds. The zero-order valence-corrected chi connectivity index (χ0v) is 22.0. The minimum Gasteiger partial charge on any atom is -0.481 e. The van der Waals surface area contributed by atoms with E-state index in [2.05, 4.69) is 0 Å². The van der Waals surface area contributed by atoms with Gasteiger partial charge in [0.1, 0.15) is 5.75 Å². The van der Waals surface area contributed by atoms with Crippen molar-refractivity contribution in [1.29, 1.82) is 0 Å². The number of ether oxygens (including phenoxy) is 3. The second kappa shape index (κ2) is 13.4. The molecule has 2 fully saturated rings. The first-order chi connectivity index (χ1) is 18.0. The molecule has 3 aliphatic carbocycles. The van der Waals surface area contributed by atoms with Crippen molar-refractivity contribution in [3.8, 4) is 5.75 Å². The minimum absolute atomic E-state index is 0.0278. The number of hydrogen-bond acceptors (Lipinski definition) is 6. The summed E-state index contributed by atoms with van der Waals surface area (Å²) in [6.45, 7) is 1.11. The first-order valence-electron chi connectivity index (χ1n) is 13.9. The predicted octanol–water partition coefficient (Wildman–Crippen LogP) is 4.02. The molecule has 4 rings (SSSR count). The van der Waals surface area contributed by atoms with Crippen molar-refractivity contribution in [3.63, 3.8) is 0 Å². The number of carbonyl (C=O) groups excluding carboxylic acids is 2. The van der Waals surface area contributed by atoms with Gasteiger partial charge in [-0.2, -0.15) is 0 Å². The topological polar surface area (TPSA) is 102 Å². The van der Waals surface area contributed by atoms with Crippen molar-refractivity contribution in [2.24, 2.45) is 17.8 Å². The number of carboxylic acids is 1. The molecule has 1 unspecified atom stereocenters. The van der Waals surface area contributed by atoms with Crippen LogP contribution in [0.25, 0.3) is 0 Å². The number of carboxylic acid groups (broad SMARTS) is 1. The fourth-order valence-electron chi connectivity index (χ4n) is 6.07. The van der Waals surface area contributed by atoms with Gasteiger partial charge in [0.2, 0.25) is 5.91 Å². The molecule has 8 heteroatoms. The summed E-state index contributed by atoms with van der Waals surface area (Å²) in [5.41, 5.74) is 2.54. The van der Waals surface area contributed by atoms with E-state index in [0.717, 1.165) is 44.9 Å². The lowest BCUT2D eigenvalue weighted by atomic mass is 9.84. The first-order valence-corrected chi connectivity index (χ1v) is 13.9. The lowest BCUT2D eigenvalue weighted by molar-refractivity contribution is -0.147. The number of amides is 1. The molecule has 8 nitrogen and oxygen atoms in total. The number of hydrogen-bond donors (Lipinski definition) is 1. The maximum atomic E-state index is 13.7. The number of carbonyl (C=O) groups is 3. The summed E-state index contributed by atoms with van der Waals surface area (Å²) in [6, 6.07) is 5.77. The molecule has 0 heterocycles. The highest BCUT2D eigenvalue weighted by Gasteiger charge is 2.37. The highest BCUT2D eigenvalue weighted by molar-refractivity contribution is 5.81. The molecule has 1 atom stereocenters. The van der Waals surface area contributed by atoms with Crippen LogP contribution in [0.15, 0.2) is 18.2 Å². The van der Waals surface area contributed by atoms with Gasteiger partial charge in [0.05, 0.1) is 31.7 Å². The van der Waals surface area contributed by atoms with Gasteiger partial charge in [-0.15, -0.1) is 0 Å². The molecule has 1 aromatic rings. The standard InChI is InChI=1S/C29H41NO7/c1-35-15-16-36-19-24(29(34)37-26-14-11-20-7-4-8-23(20)17-26)18-30(27(31)21-5-2-3-6-21)25-12-9-22(10-13-25)28(32)33/h11,14,17,21-22,24-25H,2-10,12-13,15-16,18-19H2,1H3,(H,32,33). The molecule has 0 radical (unpaired) electrons. The van der Waals surface area contributed by atoms with Gasteiger partial charge in [0.15, 0.2) is 0 Å². The van der Waals surface area contributed by atoms with Crippen LogP contribution in [-0.4, -0.2) is 67.4 Å². The molecule has 2 saturated carbocycles. The third kappa shape index (κ3) is 7.32. The summed E-state index contributed by atoms with van der Waals surface area (Å²) < 4.78 is 16.7. The summed E-state index contributed by atoms with van der Waals surface area (Å²) in [5.74, 6) is -1.59.